The Bertz CT molecular complexity index is 1170. The number of aliphatic hydroxyl groups excluding tert-OH is 1. The van der Waals surface area contributed by atoms with Crippen LogP contribution in [-0.4, -0.2) is 18.3 Å². The summed E-state index contributed by atoms with van der Waals surface area (Å²) in [5, 5.41) is 12.7. The van der Waals surface area contributed by atoms with Crippen molar-refractivity contribution in [3.8, 4) is 0 Å². The first-order chi connectivity index (χ1) is 14.3. The second kappa shape index (κ2) is 7.57. The van der Waals surface area contributed by atoms with E-state index in [0.29, 0.717) is 0 Å². The molecule has 5 rings (SSSR count). The van der Waals surface area contributed by atoms with Crippen molar-refractivity contribution in [3.63, 3.8) is 0 Å². The van der Waals surface area contributed by atoms with Crippen molar-refractivity contribution < 1.29 is 5.11 Å². The van der Waals surface area contributed by atoms with Gasteiger partial charge in [0.05, 0.1) is 6.61 Å². The molecule has 1 atom stereocenters. The minimum absolute atomic E-state index is 0.0120. The van der Waals surface area contributed by atoms with Gasteiger partial charge >= 0.3 is 0 Å². The fourth-order valence-electron chi connectivity index (χ4n) is 4.36. The summed E-state index contributed by atoms with van der Waals surface area (Å²) in [5.74, 6) is -0.0120. The van der Waals surface area contributed by atoms with Crippen LogP contribution in [0.5, 0.6) is 0 Å². The van der Waals surface area contributed by atoms with Crippen molar-refractivity contribution in [3.05, 3.63) is 114 Å². The van der Waals surface area contributed by atoms with Crippen molar-refractivity contribution in [2.45, 2.75) is 5.92 Å². The van der Waals surface area contributed by atoms with Gasteiger partial charge in [0.25, 0.3) is 0 Å². The minimum Gasteiger partial charge on any atom is -0.395 e. The molecule has 0 saturated heterocycles. The van der Waals surface area contributed by atoms with Crippen LogP contribution >= 0.6 is 0 Å². The van der Waals surface area contributed by atoms with Gasteiger partial charge in [-0.3, -0.25) is 0 Å². The van der Waals surface area contributed by atoms with Gasteiger partial charge in [0, 0.05) is 29.2 Å². The Balaban J connectivity index is 1.65. The average molecular weight is 377 g/mol. The predicted octanol–water partition coefficient (Wildman–Crippen LogP) is 6.15. The molecule has 0 fully saturated rings. The van der Waals surface area contributed by atoms with Gasteiger partial charge in [-0.25, -0.2) is 0 Å². The Labute approximate surface area is 171 Å². The number of aliphatic hydroxyl groups is 1. The third-order valence-corrected chi connectivity index (χ3v) is 5.80. The molecule has 29 heavy (non-hydrogen) atoms. The van der Waals surface area contributed by atoms with Crippen LogP contribution in [-0.2, 0) is 0 Å². The fourth-order valence-corrected chi connectivity index (χ4v) is 4.36. The maximum Gasteiger partial charge on any atom is 0.0537 e. The molecule has 0 radical (unpaired) electrons. The standard InChI is InChI=1S/C27H23NO/c29-19-25(21-9-2-1-3-10-21)23-17-22-12-5-7-15-26(22)28(18-23)27-16-8-13-20-11-4-6-14-24(20)27/h1-17,25,29H,18-19H2. The summed E-state index contributed by atoms with van der Waals surface area (Å²) < 4.78 is 0. The van der Waals surface area contributed by atoms with Crippen molar-refractivity contribution >= 4 is 28.2 Å². The first-order valence-electron chi connectivity index (χ1n) is 10.1. The molecule has 0 bridgehead atoms. The number of hydrogen-bond donors (Lipinski definition) is 1. The lowest BCUT2D eigenvalue weighted by Crippen LogP contribution is -2.27. The number of para-hydroxylation sites is 1. The van der Waals surface area contributed by atoms with Crippen LogP contribution in [0.25, 0.3) is 16.8 Å². The van der Waals surface area contributed by atoms with Gasteiger partial charge in [-0.1, -0.05) is 91.0 Å². The van der Waals surface area contributed by atoms with E-state index in [4.69, 9.17) is 0 Å². The lowest BCUT2D eigenvalue weighted by molar-refractivity contribution is 0.278. The number of rotatable bonds is 4. The van der Waals surface area contributed by atoms with E-state index in [1.807, 2.05) is 18.2 Å². The van der Waals surface area contributed by atoms with Crippen LogP contribution in [0.1, 0.15) is 17.0 Å². The van der Waals surface area contributed by atoms with Gasteiger partial charge in [-0.15, -0.1) is 0 Å². The maximum absolute atomic E-state index is 10.2. The first kappa shape index (κ1) is 17.7. The molecule has 1 unspecified atom stereocenters. The van der Waals surface area contributed by atoms with Gasteiger partial charge in [-0.2, -0.15) is 0 Å². The highest BCUT2D eigenvalue weighted by Gasteiger charge is 2.25. The van der Waals surface area contributed by atoms with Crippen molar-refractivity contribution in [2.24, 2.45) is 0 Å². The second-order valence-electron chi connectivity index (χ2n) is 7.51. The Morgan fingerprint density at radius 1 is 0.724 bits per heavy atom. The predicted molar refractivity (Wildman–Crippen MR) is 122 cm³/mol. The van der Waals surface area contributed by atoms with E-state index in [1.165, 1.54) is 33.3 Å². The second-order valence-corrected chi connectivity index (χ2v) is 7.51. The lowest BCUT2D eigenvalue weighted by atomic mass is 9.87. The molecule has 1 heterocycles. The zero-order valence-corrected chi connectivity index (χ0v) is 16.2. The van der Waals surface area contributed by atoms with Crippen LogP contribution in [0.2, 0.25) is 0 Å². The smallest absolute Gasteiger partial charge is 0.0537 e. The molecule has 2 nitrogen and oxygen atoms in total. The SMILES string of the molecule is OCC(C1=Cc2ccccc2N(c2cccc3ccccc23)C1)c1ccccc1. The van der Waals surface area contributed by atoms with E-state index in [1.54, 1.807) is 0 Å². The molecule has 4 aromatic rings. The Morgan fingerprint density at radius 3 is 2.28 bits per heavy atom. The molecule has 1 N–H and O–H groups in total. The molecule has 0 aromatic heterocycles. The van der Waals surface area contributed by atoms with E-state index in [9.17, 15) is 5.11 Å². The van der Waals surface area contributed by atoms with E-state index in [2.05, 4.69) is 89.8 Å². The number of benzene rings is 4. The maximum atomic E-state index is 10.2. The van der Waals surface area contributed by atoms with Gasteiger partial charge < -0.3 is 10.0 Å². The van der Waals surface area contributed by atoms with Crippen LogP contribution in [0.4, 0.5) is 11.4 Å². The van der Waals surface area contributed by atoms with Crippen LogP contribution in [0, 0.1) is 0 Å². The average Bonchev–Trinajstić information content (AvgIpc) is 2.79. The van der Waals surface area contributed by atoms with Crippen molar-refractivity contribution in [1.29, 1.82) is 0 Å². The fraction of sp³-hybridized carbons (Fsp3) is 0.111. The normalized spacial score (nSPS) is 14.4. The van der Waals surface area contributed by atoms with Gasteiger partial charge in [0.1, 0.15) is 0 Å². The quantitative estimate of drug-likeness (QED) is 0.461. The summed E-state index contributed by atoms with van der Waals surface area (Å²) in [4.78, 5) is 2.39. The number of nitrogens with zero attached hydrogens (tertiary/aromatic N) is 1. The highest BCUT2D eigenvalue weighted by molar-refractivity contribution is 5.97. The third kappa shape index (κ3) is 3.22. The first-order valence-corrected chi connectivity index (χ1v) is 10.1. The monoisotopic (exact) mass is 377 g/mol. The molecule has 0 amide bonds. The Kier molecular flexibility index (Phi) is 4.63. The summed E-state index contributed by atoms with van der Waals surface area (Å²) in [5.41, 5.74) is 5.98. The summed E-state index contributed by atoms with van der Waals surface area (Å²) >= 11 is 0. The Morgan fingerprint density at radius 2 is 1.41 bits per heavy atom. The molecule has 1 aliphatic rings. The third-order valence-electron chi connectivity index (χ3n) is 5.80. The van der Waals surface area contributed by atoms with Gasteiger partial charge in [-0.05, 0) is 34.2 Å². The highest BCUT2D eigenvalue weighted by Crippen LogP contribution is 2.41. The van der Waals surface area contributed by atoms with E-state index < -0.39 is 0 Å². The van der Waals surface area contributed by atoms with Gasteiger partial charge in [0.15, 0.2) is 0 Å². The van der Waals surface area contributed by atoms with Crippen LogP contribution in [0.15, 0.2) is 103 Å². The lowest BCUT2D eigenvalue weighted by Gasteiger charge is -2.34. The van der Waals surface area contributed by atoms with Crippen LogP contribution in [0.3, 0.4) is 0 Å². The summed E-state index contributed by atoms with van der Waals surface area (Å²) in [7, 11) is 0. The largest absolute Gasteiger partial charge is 0.395 e. The minimum atomic E-state index is -0.0120. The van der Waals surface area contributed by atoms with Crippen molar-refractivity contribution in [1.82, 2.24) is 0 Å². The van der Waals surface area contributed by atoms with E-state index in [0.717, 1.165) is 12.1 Å². The molecule has 1 aliphatic heterocycles. The molecule has 4 aromatic carbocycles. The highest BCUT2D eigenvalue weighted by atomic mass is 16.3. The molecule has 0 spiro atoms. The number of hydrogen-bond acceptors (Lipinski definition) is 2. The molecule has 0 aliphatic carbocycles. The Hall–Kier alpha value is -3.36. The molecular weight excluding hydrogens is 354 g/mol. The number of fused-ring (bicyclic) bond motifs is 2. The van der Waals surface area contributed by atoms with E-state index >= 15 is 0 Å². The molecule has 2 heteroatoms. The summed E-state index contributed by atoms with van der Waals surface area (Å²) in [6.07, 6.45) is 2.25. The van der Waals surface area contributed by atoms with Gasteiger partial charge in [0.2, 0.25) is 0 Å². The zero-order valence-electron chi connectivity index (χ0n) is 16.2. The molecule has 0 saturated carbocycles. The van der Waals surface area contributed by atoms with E-state index in [-0.39, 0.29) is 12.5 Å². The molecule has 142 valence electrons. The van der Waals surface area contributed by atoms with Crippen LogP contribution < -0.4 is 4.90 Å². The summed E-state index contributed by atoms with van der Waals surface area (Å²) in [6, 6.07) is 33.8. The van der Waals surface area contributed by atoms with Crippen molar-refractivity contribution in [2.75, 3.05) is 18.1 Å². The zero-order chi connectivity index (χ0) is 19.6. The number of anilines is 2. The topological polar surface area (TPSA) is 23.5 Å². The molecular formula is C27H23NO. The summed E-state index contributed by atoms with van der Waals surface area (Å²) in [6.45, 7) is 0.854.